The lowest BCUT2D eigenvalue weighted by Gasteiger charge is -2.09. The van der Waals surface area contributed by atoms with Gasteiger partial charge in [0.25, 0.3) is 5.91 Å². The molecule has 0 saturated carbocycles. The van der Waals surface area contributed by atoms with Crippen LogP contribution in [0.3, 0.4) is 0 Å². The second-order valence-corrected chi connectivity index (χ2v) is 5.30. The molecule has 0 heterocycles. The fourth-order valence-corrected chi connectivity index (χ4v) is 2.15. The third-order valence-corrected chi connectivity index (χ3v) is 3.32. The Labute approximate surface area is 160 Å². The monoisotopic (exact) mass is 394 g/mol. The number of methoxy groups -OCH3 is 1. The van der Waals surface area contributed by atoms with E-state index in [1.165, 1.54) is 37.6 Å². The van der Waals surface area contributed by atoms with E-state index in [9.17, 15) is 13.6 Å². The van der Waals surface area contributed by atoms with Crippen LogP contribution in [-0.2, 0) is 9.63 Å². The first kappa shape index (κ1) is 20.9. The molecule has 1 N–H and O–H groups in total. The van der Waals surface area contributed by atoms with Crippen molar-refractivity contribution in [2.24, 2.45) is 5.16 Å². The van der Waals surface area contributed by atoms with Crippen LogP contribution in [0.25, 0.3) is 0 Å². The quantitative estimate of drug-likeness (QED) is 0.491. The molecule has 2 aromatic rings. The van der Waals surface area contributed by atoms with Crippen molar-refractivity contribution in [3.05, 3.63) is 48.0 Å². The molecule has 0 aliphatic heterocycles. The Morgan fingerprint density at radius 3 is 2.57 bits per heavy atom. The van der Waals surface area contributed by atoms with Crippen LogP contribution in [0.15, 0.2) is 47.6 Å². The zero-order valence-electron chi connectivity index (χ0n) is 15.4. The average Bonchev–Trinajstić information content (AvgIpc) is 2.67. The van der Waals surface area contributed by atoms with E-state index in [1.54, 1.807) is 18.2 Å². The third kappa shape index (κ3) is 6.75. The van der Waals surface area contributed by atoms with Crippen molar-refractivity contribution < 1.29 is 32.6 Å². The van der Waals surface area contributed by atoms with Crippen LogP contribution in [0.2, 0.25) is 0 Å². The fraction of sp³-hybridized carbons (Fsp3) is 0.263. The highest BCUT2D eigenvalue weighted by atomic mass is 19.3. The lowest BCUT2D eigenvalue weighted by molar-refractivity contribution is -0.120. The summed E-state index contributed by atoms with van der Waals surface area (Å²) in [6, 6.07) is 10.7. The van der Waals surface area contributed by atoms with Gasteiger partial charge in [-0.25, -0.2) is 0 Å². The number of nitrogens with one attached hydrogen (secondary N) is 1. The number of benzene rings is 2. The summed E-state index contributed by atoms with van der Waals surface area (Å²) in [4.78, 5) is 16.8. The van der Waals surface area contributed by atoms with Gasteiger partial charge in [-0.15, -0.1) is 0 Å². The van der Waals surface area contributed by atoms with Gasteiger partial charge in [-0.3, -0.25) is 4.79 Å². The minimum Gasteiger partial charge on any atom is -0.493 e. The number of anilines is 1. The zero-order chi connectivity index (χ0) is 20.4. The predicted octanol–water partition coefficient (Wildman–Crippen LogP) is 3.68. The molecule has 150 valence electrons. The van der Waals surface area contributed by atoms with Gasteiger partial charge in [0, 0.05) is 11.3 Å². The average molecular weight is 394 g/mol. The maximum Gasteiger partial charge on any atom is 0.387 e. The van der Waals surface area contributed by atoms with Gasteiger partial charge < -0.3 is 24.4 Å². The summed E-state index contributed by atoms with van der Waals surface area (Å²) in [5.41, 5.74) is 1.12. The number of carbonyl (C=O) groups is 1. The highest BCUT2D eigenvalue weighted by Crippen LogP contribution is 2.27. The molecule has 2 rings (SSSR count). The second kappa shape index (κ2) is 10.7. The molecule has 0 bridgehead atoms. The van der Waals surface area contributed by atoms with Gasteiger partial charge in [-0.05, 0) is 49.4 Å². The van der Waals surface area contributed by atoms with E-state index >= 15 is 0 Å². The second-order valence-electron chi connectivity index (χ2n) is 5.30. The van der Waals surface area contributed by atoms with Crippen LogP contribution < -0.4 is 19.5 Å². The number of alkyl halides is 2. The summed E-state index contributed by atoms with van der Waals surface area (Å²) in [7, 11) is 1.53. The molecule has 0 atom stereocenters. The summed E-state index contributed by atoms with van der Waals surface area (Å²) in [5, 5.41) is 6.28. The smallest absolute Gasteiger partial charge is 0.387 e. The Bertz CT molecular complexity index is 797. The van der Waals surface area contributed by atoms with Gasteiger partial charge in [0.05, 0.1) is 19.9 Å². The lowest BCUT2D eigenvalue weighted by atomic mass is 10.2. The summed E-state index contributed by atoms with van der Waals surface area (Å²) in [5.74, 6) is 0.721. The molecule has 0 radical (unpaired) electrons. The number of nitrogens with zero attached hydrogens (tertiary/aromatic N) is 1. The van der Waals surface area contributed by atoms with Crippen molar-refractivity contribution in [1.29, 1.82) is 0 Å². The number of hydrogen-bond donors (Lipinski definition) is 1. The van der Waals surface area contributed by atoms with Crippen molar-refractivity contribution in [2.45, 2.75) is 13.5 Å². The third-order valence-electron chi connectivity index (χ3n) is 3.32. The summed E-state index contributed by atoms with van der Waals surface area (Å²) in [6.45, 7) is -0.828. The minimum atomic E-state index is -2.90. The van der Waals surface area contributed by atoms with Gasteiger partial charge in [-0.1, -0.05) is 5.16 Å². The van der Waals surface area contributed by atoms with E-state index in [1.807, 2.05) is 6.92 Å². The molecule has 2 aromatic carbocycles. The molecule has 0 spiro atoms. The number of rotatable bonds is 10. The Morgan fingerprint density at radius 2 is 1.93 bits per heavy atom. The maximum atomic E-state index is 12.1. The summed E-state index contributed by atoms with van der Waals surface area (Å²) in [6.07, 6.45) is 1.43. The number of oxime groups is 1. The van der Waals surface area contributed by atoms with Gasteiger partial charge in [-0.2, -0.15) is 8.78 Å². The van der Waals surface area contributed by atoms with E-state index in [4.69, 9.17) is 14.3 Å². The van der Waals surface area contributed by atoms with Crippen LogP contribution >= 0.6 is 0 Å². The normalized spacial score (nSPS) is 10.8. The van der Waals surface area contributed by atoms with Crippen molar-refractivity contribution in [3.63, 3.8) is 0 Å². The Balaban J connectivity index is 1.81. The molecule has 9 heteroatoms. The number of hydrogen-bond acceptors (Lipinski definition) is 6. The highest BCUT2D eigenvalue weighted by molar-refractivity contribution is 5.91. The first-order valence-corrected chi connectivity index (χ1v) is 8.32. The molecular formula is C19H20F2N2O5. The fourth-order valence-electron chi connectivity index (χ4n) is 2.15. The van der Waals surface area contributed by atoms with Crippen LogP contribution in [-0.4, -0.2) is 39.1 Å². The topological polar surface area (TPSA) is 78.4 Å². The minimum absolute atomic E-state index is 0.000340. The molecule has 0 aliphatic rings. The number of ether oxygens (including phenoxy) is 3. The zero-order valence-corrected chi connectivity index (χ0v) is 15.4. The van der Waals surface area contributed by atoms with E-state index in [2.05, 4.69) is 15.2 Å². The van der Waals surface area contributed by atoms with Crippen LogP contribution in [0, 0.1) is 0 Å². The van der Waals surface area contributed by atoms with E-state index in [0.29, 0.717) is 29.4 Å². The van der Waals surface area contributed by atoms with E-state index < -0.39 is 12.5 Å². The molecule has 0 saturated heterocycles. The number of halogens is 2. The first-order chi connectivity index (χ1) is 13.5. The van der Waals surface area contributed by atoms with Crippen molar-refractivity contribution in [2.75, 3.05) is 25.6 Å². The molecule has 0 aliphatic carbocycles. The molecule has 7 nitrogen and oxygen atoms in total. The van der Waals surface area contributed by atoms with Gasteiger partial charge in [0.15, 0.2) is 18.1 Å². The molecule has 1 amide bonds. The van der Waals surface area contributed by atoms with Crippen molar-refractivity contribution >= 4 is 17.8 Å². The lowest BCUT2D eigenvalue weighted by Crippen LogP contribution is -2.16. The number of carbonyl (C=O) groups excluding carboxylic acids is 1. The Kier molecular flexibility index (Phi) is 8.01. The van der Waals surface area contributed by atoms with Gasteiger partial charge in [0.2, 0.25) is 0 Å². The SMILES string of the molecule is CCOc1ccc(/C=N/OCC(=O)Nc2ccc(OC(F)F)cc2)cc1OC. The first-order valence-electron chi connectivity index (χ1n) is 8.32. The summed E-state index contributed by atoms with van der Waals surface area (Å²) >= 11 is 0. The van der Waals surface area contributed by atoms with Gasteiger partial charge >= 0.3 is 6.61 Å². The molecule has 0 fully saturated rings. The highest BCUT2D eigenvalue weighted by Gasteiger charge is 2.07. The molecule has 0 unspecified atom stereocenters. The molecule has 0 aromatic heterocycles. The summed E-state index contributed by atoms with van der Waals surface area (Å²) < 4.78 is 39.1. The largest absolute Gasteiger partial charge is 0.493 e. The van der Waals surface area contributed by atoms with Crippen LogP contribution in [0.5, 0.6) is 17.2 Å². The Hall–Kier alpha value is -3.36. The molecule has 28 heavy (non-hydrogen) atoms. The number of amides is 1. The molecular weight excluding hydrogens is 374 g/mol. The van der Waals surface area contributed by atoms with Crippen LogP contribution in [0.1, 0.15) is 12.5 Å². The van der Waals surface area contributed by atoms with Crippen molar-refractivity contribution in [1.82, 2.24) is 0 Å². The van der Waals surface area contributed by atoms with E-state index in [0.717, 1.165) is 0 Å². The predicted molar refractivity (Wildman–Crippen MR) is 99.4 cm³/mol. The van der Waals surface area contributed by atoms with Crippen molar-refractivity contribution in [3.8, 4) is 17.2 Å². The Morgan fingerprint density at radius 1 is 1.18 bits per heavy atom. The van der Waals surface area contributed by atoms with Gasteiger partial charge in [0.1, 0.15) is 5.75 Å². The van der Waals surface area contributed by atoms with E-state index in [-0.39, 0.29) is 12.4 Å². The maximum absolute atomic E-state index is 12.1. The standard InChI is InChI=1S/C19H20F2N2O5/c1-3-26-16-9-4-13(10-17(16)25-2)11-22-27-12-18(24)23-14-5-7-15(8-6-14)28-19(20)21/h4-11,19H,3,12H2,1-2H3,(H,23,24)/b22-11+. The van der Waals surface area contributed by atoms with Crippen LogP contribution in [0.4, 0.5) is 14.5 Å².